The molecule has 0 unspecified atom stereocenters. The molecule has 34 heavy (non-hydrogen) atoms. The first kappa shape index (κ1) is 24.3. The van der Waals surface area contributed by atoms with Crippen molar-refractivity contribution in [3.8, 4) is 0 Å². The molecule has 5 rings (SSSR count). The predicted molar refractivity (Wildman–Crippen MR) is 141 cm³/mol. The van der Waals surface area contributed by atoms with Gasteiger partial charge in [-0.25, -0.2) is 0 Å². The SMILES string of the molecule is Cc1ccc([I+]c2ccccc2)cc1.Cc1ccc([S+](c2ccccc2)c2ccccc2)cc1. The Morgan fingerprint density at radius 3 is 1.21 bits per heavy atom. The average Bonchev–Trinajstić information content (AvgIpc) is 2.89. The van der Waals surface area contributed by atoms with Crippen molar-refractivity contribution in [2.75, 3.05) is 0 Å². The van der Waals surface area contributed by atoms with E-state index in [4.69, 9.17) is 0 Å². The normalized spacial score (nSPS) is 10.4. The van der Waals surface area contributed by atoms with E-state index >= 15 is 0 Å². The first-order chi connectivity index (χ1) is 16.7. The Labute approximate surface area is 217 Å². The van der Waals surface area contributed by atoms with E-state index in [9.17, 15) is 0 Å². The van der Waals surface area contributed by atoms with E-state index in [0.29, 0.717) is 0 Å². The Morgan fingerprint density at radius 1 is 0.382 bits per heavy atom. The molecular weight excluding hydrogens is 543 g/mol. The summed E-state index contributed by atoms with van der Waals surface area (Å²) < 4.78 is 2.97. The average molecular weight is 573 g/mol. The maximum Gasteiger partial charge on any atom is 0.357 e. The van der Waals surface area contributed by atoms with Crippen molar-refractivity contribution < 1.29 is 21.2 Å². The minimum atomic E-state index is -0.0229. The van der Waals surface area contributed by atoms with E-state index in [1.807, 2.05) is 0 Å². The van der Waals surface area contributed by atoms with Crippen molar-refractivity contribution in [1.29, 1.82) is 0 Å². The van der Waals surface area contributed by atoms with Gasteiger partial charge in [-0.1, -0.05) is 90.0 Å². The molecule has 0 saturated heterocycles. The lowest BCUT2D eigenvalue weighted by Crippen LogP contribution is -3.61. The molecule has 0 aliphatic heterocycles. The zero-order chi connectivity index (χ0) is 23.6. The van der Waals surface area contributed by atoms with Crippen molar-refractivity contribution in [1.82, 2.24) is 0 Å². The summed E-state index contributed by atoms with van der Waals surface area (Å²) in [6.45, 7) is 4.26. The Balaban J connectivity index is 0.000000172. The third-order valence-electron chi connectivity index (χ3n) is 5.18. The molecule has 0 heterocycles. The third kappa shape index (κ3) is 7.09. The van der Waals surface area contributed by atoms with Gasteiger partial charge in [0.05, 0.1) is 10.9 Å². The monoisotopic (exact) mass is 572 g/mol. The van der Waals surface area contributed by atoms with Gasteiger partial charge in [0.25, 0.3) is 0 Å². The molecule has 168 valence electrons. The van der Waals surface area contributed by atoms with Crippen LogP contribution in [0.2, 0.25) is 0 Å². The Kier molecular flexibility index (Phi) is 9.00. The Bertz CT molecular complexity index is 1210. The van der Waals surface area contributed by atoms with E-state index in [1.165, 1.54) is 33.0 Å². The molecule has 0 amide bonds. The first-order valence-corrected chi connectivity index (χ1v) is 14.7. The Hall–Kier alpha value is -2.82. The standard InChI is InChI=1S/C19H17S.C13H12I/c1-16-12-14-19(15-13-16)20(17-8-4-2-5-9-17)18-10-6-3-7-11-18;1-11-7-9-13(10-8-11)14-12-5-3-2-4-6-12/h2-15H,1H3;2-10H,1H3/q2*+1. The molecule has 0 spiro atoms. The van der Waals surface area contributed by atoms with Crippen LogP contribution in [-0.4, -0.2) is 0 Å². The van der Waals surface area contributed by atoms with Crippen LogP contribution >= 0.6 is 0 Å². The van der Waals surface area contributed by atoms with Gasteiger partial charge in [0, 0.05) is 0 Å². The van der Waals surface area contributed by atoms with Crippen LogP contribution in [0.3, 0.4) is 0 Å². The number of benzene rings is 5. The summed E-state index contributed by atoms with van der Waals surface area (Å²) >= 11 is 0.0159. The molecular formula is C32H29IS+2. The summed E-state index contributed by atoms with van der Waals surface area (Å²) in [7, 11) is -0.0229. The Morgan fingerprint density at radius 2 is 0.735 bits per heavy atom. The molecule has 0 aliphatic rings. The minimum Gasteiger partial charge on any atom is -0.0619 e. The smallest absolute Gasteiger partial charge is 0.0619 e. The maximum absolute atomic E-state index is 2.25. The van der Waals surface area contributed by atoms with E-state index in [0.717, 1.165) is 0 Å². The van der Waals surface area contributed by atoms with Crippen molar-refractivity contribution in [2.45, 2.75) is 28.5 Å². The second-order valence-corrected chi connectivity index (χ2v) is 13.0. The van der Waals surface area contributed by atoms with Crippen LogP contribution in [0.4, 0.5) is 0 Å². The van der Waals surface area contributed by atoms with E-state index in [-0.39, 0.29) is 32.1 Å². The number of aryl methyl sites for hydroxylation is 2. The quantitative estimate of drug-likeness (QED) is 0.200. The van der Waals surface area contributed by atoms with Crippen LogP contribution < -0.4 is 21.2 Å². The van der Waals surface area contributed by atoms with Gasteiger partial charge in [0.2, 0.25) is 0 Å². The van der Waals surface area contributed by atoms with E-state index in [1.54, 1.807) is 0 Å². The molecule has 0 saturated carbocycles. The molecule has 0 N–H and O–H groups in total. The van der Waals surface area contributed by atoms with Crippen molar-refractivity contribution in [3.63, 3.8) is 0 Å². The van der Waals surface area contributed by atoms with Crippen LogP contribution in [0.1, 0.15) is 11.1 Å². The van der Waals surface area contributed by atoms with Gasteiger partial charge in [-0.2, -0.15) is 0 Å². The van der Waals surface area contributed by atoms with Gasteiger partial charge < -0.3 is 0 Å². The summed E-state index contributed by atoms with van der Waals surface area (Å²) in [5.74, 6) is 0. The third-order valence-corrected chi connectivity index (χ3v) is 10.1. The molecule has 0 nitrogen and oxygen atoms in total. The van der Waals surface area contributed by atoms with Gasteiger partial charge in [0.15, 0.2) is 21.8 Å². The molecule has 0 fully saturated rings. The highest BCUT2D eigenvalue weighted by atomic mass is 127. The van der Waals surface area contributed by atoms with Crippen LogP contribution in [0, 0.1) is 21.0 Å². The van der Waals surface area contributed by atoms with Crippen molar-refractivity contribution in [2.24, 2.45) is 0 Å². The van der Waals surface area contributed by atoms with E-state index in [2.05, 4.69) is 153 Å². The van der Waals surface area contributed by atoms with Gasteiger partial charge in [-0.3, -0.25) is 0 Å². The van der Waals surface area contributed by atoms with Crippen LogP contribution in [0.25, 0.3) is 0 Å². The number of hydrogen-bond donors (Lipinski definition) is 0. The fraction of sp³-hybridized carbons (Fsp3) is 0.0625. The zero-order valence-electron chi connectivity index (χ0n) is 19.6. The highest BCUT2D eigenvalue weighted by Gasteiger charge is 2.27. The van der Waals surface area contributed by atoms with Gasteiger partial charge in [-0.05, 0) is 74.5 Å². The van der Waals surface area contributed by atoms with Gasteiger partial charge in [0.1, 0.15) is 0 Å². The number of hydrogen-bond acceptors (Lipinski definition) is 0. The molecule has 5 aromatic rings. The maximum atomic E-state index is 2.25. The summed E-state index contributed by atoms with van der Waals surface area (Å²) in [5, 5.41) is 0. The highest BCUT2D eigenvalue weighted by molar-refractivity contribution is 7.97. The van der Waals surface area contributed by atoms with Crippen molar-refractivity contribution in [3.05, 3.63) is 158 Å². The lowest BCUT2D eigenvalue weighted by molar-refractivity contribution is -0.597. The first-order valence-electron chi connectivity index (χ1n) is 11.4. The second-order valence-electron chi connectivity index (χ2n) is 7.93. The molecule has 0 aliphatic carbocycles. The van der Waals surface area contributed by atoms with Crippen LogP contribution in [0.5, 0.6) is 0 Å². The van der Waals surface area contributed by atoms with Gasteiger partial charge in [-0.15, -0.1) is 0 Å². The summed E-state index contributed by atoms with van der Waals surface area (Å²) in [4.78, 5) is 4.10. The topological polar surface area (TPSA) is 0 Å². The van der Waals surface area contributed by atoms with Gasteiger partial charge >= 0.3 is 21.2 Å². The fourth-order valence-electron chi connectivity index (χ4n) is 3.40. The zero-order valence-corrected chi connectivity index (χ0v) is 22.5. The van der Waals surface area contributed by atoms with E-state index < -0.39 is 0 Å². The summed E-state index contributed by atoms with van der Waals surface area (Å²) in [6.07, 6.45) is 0. The van der Waals surface area contributed by atoms with Crippen LogP contribution in [-0.2, 0) is 10.9 Å². The summed E-state index contributed by atoms with van der Waals surface area (Å²) in [6, 6.07) is 50.0. The fourth-order valence-corrected chi connectivity index (χ4v) is 7.69. The molecule has 0 atom stereocenters. The molecule has 0 aromatic heterocycles. The highest BCUT2D eigenvalue weighted by Crippen LogP contribution is 2.30. The molecule has 2 heteroatoms. The lowest BCUT2D eigenvalue weighted by Gasteiger charge is -2.07. The number of rotatable bonds is 5. The molecule has 0 bridgehead atoms. The molecule has 5 aromatic carbocycles. The molecule has 0 radical (unpaired) electrons. The minimum absolute atomic E-state index is 0.0159. The lowest BCUT2D eigenvalue weighted by atomic mass is 10.2. The van der Waals surface area contributed by atoms with Crippen LogP contribution in [0.15, 0.2) is 154 Å². The second kappa shape index (κ2) is 12.6. The van der Waals surface area contributed by atoms with Crippen molar-refractivity contribution >= 4 is 10.9 Å². The number of halogens is 1. The largest absolute Gasteiger partial charge is 0.357 e. The predicted octanol–water partition coefficient (Wildman–Crippen LogP) is 5.21. The summed E-state index contributed by atoms with van der Waals surface area (Å²) in [5.41, 5.74) is 2.64.